The molecule has 31 heavy (non-hydrogen) atoms. The van der Waals surface area contributed by atoms with Crippen LogP contribution in [0.25, 0.3) is 16.8 Å². The van der Waals surface area contributed by atoms with Crippen molar-refractivity contribution in [3.05, 3.63) is 77.2 Å². The number of amides is 2. The summed E-state index contributed by atoms with van der Waals surface area (Å²) in [5.41, 5.74) is 1.55. The molecule has 0 aliphatic carbocycles. The normalized spacial score (nSPS) is 15.0. The van der Waals surface area contributed by atoms with Gasteiger partial charge in [-0.1, -0.05) is 66.4 Å². The zero-order chi connectivity index (χ0) is 21.8. The number of benzene rings is 3. The average molecular weight is 449 g/mol. The highest BCUT2D eigenvalue weighted by Crippen LogP contribution is 2.32. The van der Waals surface area contributed by atoms with Crippen LogP contribution in [0.1, 0.15) is 12.5 Å². The van der Waals surface area contributed by atoms with E-state index >= 15 is 0 Å². The topological polar surface area (TPSA) is 58.6 Å². The van der Waals surface area contributed by atoms with E-state index in [0.29, 0.717) is 21.5 Å². The van der Waals surface area contributed by atoms with Gasteiger partial charge in [0.15, 0.2) is 0 Å². The van der Waals surface area contributed by atoms with Crippen LogP contribution in [0.15, 0.2) is 71.6 Å². The SMILES string of the molecule is CCOc1ccc(C=C2SC(=S)N(CC(=O)Nc3ccc4ccccc4c3)C2=O)cc1. The van der Waals surface area contributed by atoms with Gasteiger partial charge in [-0.05, 0) is 53.6 Å². The summed E-state index contributed by atoms with van der Waals surface area (Å²) in [6.45, 7) is 2.40. The minimum Gasteiger partial charge on any atom is -0.494 e. The maximum Gasteiger partial charge on any atom is 0.266 e. The third-order valence-electron chi connectivity index (χ3n) is 4.70. The molecule has 2 amide bonds. The van der Waals surface area contributed by atoms with Gasteiger partial charge in [-0.3, -0.25) is 14.5 Å². The number of hydrogen-bond donors (Lipinski definition) is 1. The van der Waals surface area contributed by atoms with Crippen molar-refractivity contribution < 1.29 is 14.3 Å². The number of nitrogens with one attached hydrogen (secondary N) is 1. The molecule has 1 fully saturated rings. The van der Waals surface area contributed by atoms with Crippen molar-refractivity contribution >= 4 is 62.7 Å². The first kappa shape index (κ1) is 21.1. The lowest BCUT2D eigenvalue weighted by Crippen LogP contribution is -2.36. The molecule has 1 saturated heterocycles. The van der Waals surface area contributed by atoms with Crippen molar-refractivity contribution in [1.82, 2.24) is 4.90 Å². The first-order chi connectivity index (χ1) is 15.0. The fourth-order valence-corrected chi connectivity index (χ4v) is 4.48. The predicted molar refractivity (Wildman–Crippen MR) is 130 cm³/mol. The summed E-state index contributed by atoms with van der Waals surface area (Å²) in [6, 6.07) is 21.1. The molecule has 0 aromatic heterocycles. The van der Waals surface area contributed by atoms with Crippen LogP contribution >= 0.6 is 24.0 Å². The highest BCUT2D eigenvalue weighted by atomic mass is 32.2. The summed E-state index contributed by atoms with van der Waals surface area (Å²) < 4.78 is 5.81. The second-order valence-electron chi connectivity index (χ2n) is 6.88. The Kier molecular flexibility index (Phi) is 6.34. The largest absolute Gasteiger partial charge is 0.494 e. The zero-order valence-corrected chi connectivity index (χ0v) is 18.5. The number of hydrogen-bond acceptors (Lipinski definition) is 5. The van der Waals surface area contributed by atoms with E-state index in [1.807, 2.05) is 73.7 Å². The summed E-state index contributed by atoms with van der Waals surface area (Å²) in [5, 5.41) is 4.98. The lowest BCUT2D eigenvalue weighted by atomic mass is 10.1. The van der Waals surface area contributed by atoms with Crippen LogP contribution in [0.3, 0.4) is 0 Å². The van der Waals surface area contributed by atoms with Gasteiger partial charge in [0.05, 0.1) is 11.5 Å². The lowest BCUT2D eigenvalue weighted by Gasteiger charge is -2.14. The van der Waals surface area contributed by atoms with Gasteiger partial charge in [-0.2, -0.15) is 0 Å². The molecule has 156 valence electrons. The smallest absolute Gasteiger partial charge is 0.266 e. The standard InChI is InChI=1S/C24H20N2O3S2/c1-2-29-20-11-7-16(8-12-20)13-21-23(28)26(24(30)31-21)15-22(27)25-19-10-9-17-5-3-4-6-18(17)14-19/h3-14H,2,15H2,1H3,(H,25,27). The fourth-order valence-electron chi connectivity index (χ4n) is 3.23. The van der Waals surface area contributed by atoms with Crippen LogP contribution in [0.4, 0.5) is 5.69 Å². The van der Waals surface area contributed by atoms with Crippen molar-refractivity contribution in [3.63, 3.8) is 0 Å². The molecule has 7 heteroatoms. The van der Waals surface area contributed by atoms with Gasteiger partial charge in [0.25, 0.3) is 5.91 Å². The zero-order valence-electron chi connectivity index (χ0n) is 16.8. The number of thiocarbonyl (C=S) groups is 1. The molecule has 0 spiro atoms. The van der Waals surface area contributed by atoms with Crippen molar-refractivity contribution in [2.45, 2.75) is 6.92 Å². The molecule has 5 nitrogen and oxygen atoms in total. The Morgan fingerprint density at radius 1 is 1.10 bits per heavy atom. The maximum absolute atomic E-state index is 12.8. The first-order valence-corrected chi connectivity index (χ1v) is 11.0. The van der Waals surface area contributed by atoms with Gasteiger partial charge >= 0.3 is 0 Å². The van der Waals surface area contributed by atoms with E-state index in [0.717, 1.165) is 22.1 Å². The fraction of sp³-hybridized carbons (Fsp3) is 0.125. The quantitative estimate of drug-likeness (QED) is 0.421. The molecular formula is C24H20N2O3S2. The van der Waals surface area contributed by atoms with Crippen LogP contribution in [-0.2, 0) is 9.59 Å². The Hall–Kier alpha value is -3.16. The van der Waals surface area contributed by atoms with E-state index in [2.05, 4.69) is 5.32 Å². The second-order valence-corrected chi connectivity index (χ2v) is 8.56. The van der Waals surface area contributed by atoms with Crippen LogP contribution in [-0.4, -0.2) is 34.2 Å². The van der Waals surface area contributed by atoms with Gasteiger partial charge in [-0.25, -0.2) is 0 Å². The molecule has 0 radical (unpaired) electrons. The second kappa shape index (κ2) is 9.32. The molecule has 0 bridgehead atoms. The molecule has 0 atom stereocenters. The van der Waals surface area contributed by atoms with E-state index in [-0.39, 0.29) is 18.4 Å². The van der Waals surface area contributed by atoms with Gasteiger partial charge in [-0.15, -0.1) is 0 Å². The molecule has 3 aromatic rings. The van der Waals surface area contributed by atoms with Crippen molar-refractivity contribution in [2.24, 2.45) is 0 Å². The molecule has 3 aromatic carbocycles. The Balaban J connectivity index is 1.42. The van der Waals surface area contributed by atoms with E-state index in [1.165, 1.54) is 16.7 Å². The average Bonchev–Trinajstić information content (AvgIpc) is 3.02. The van der Waals surface area contributed by atoms with E-state index in [4.69, 9.17) is 17.0 Å². The van der Waals surface area contributed by atoms with Gasteiger partial charge < -0.3 is 10.1 Å². The number of carbonyl (C=O) groups excluding carboxylic acids is 2. The molecular weight excluding hydrogens is 428 g/mol. The van der Waals surface area contributed by atoms with Crippen LogP contribution in [0, 0.1) is 0 Å². The molecule has 1 heterocycles. The van der Waals surface area contributed by atoms with Gasteiger partial charge in [0.2, 0.25) is 5.91 Å². The monoisotopic (exact) mass is 448 g/mol. The number of carbonyl (C=O) groups is 2. The summed E-state index contributed by atoms with van der Waals surface area (Å²) in [4.78, 5) is 27.2. The number of fused-ring (bicyclic) bond motifs is 1. The van der Waals surface area contributed by atoms with E-state index in [1.54, 1.807) is 6.08 Å². The Labute approximate surface area is 190 Å². The van der Waals surface area contributed by atoms with Crippen LogP contribution in [0.5, 0.6) is 5.75 Å². The van der Waals surface area contributed by atoms with Crippen LogP contribution in [0.2, 0.25) is 0 Å². The predicted octanol–water partition coefficient (Wildman–Crippen LogP) is 5.08. The molecule has 1 aliphatic rings. The third-order valence-corrected chi connectivity index (χ3v) is 6.08. The highest BCUT2D eigenvalue weighted by Gasteiger charge is 2.33. The molecule has 4 rings (SSSR count). The summed E-state index contributed by atoms with van der Waals surface area (Å²) in [6.07, 6.45) is 1.77. The van der Waals surface area contributed by atoms with E-state index < -0.39 is 0 Å². The molecule has 0 unspecified atom stereocenters. The number of rotatable bonds is 6. The van der Waals surface area contributed by atoms with E-state index in [9.17, 15) is 9.59 Å². The molecule has 1 N–H and O–H groups in total. The number of thioether (sulfide) groups is 1. The summed E-state index contributed by atoms with van der Waals surface area (Å²) in [7, 11) is 0. The molecule has 1 aliphatic heterocycles. The van der Waals surface area contributed by atoms with Crippen molar-refractivity contribution in [2.75, 3.05) is 18.5 Å². The van der Waals surface area contributed by atoms with Crippen molar-refractivity contribution in [3.8, 4) is 5.75 Å². The van der Waals surface area contributed by atoms with Crippen molar-refractivity contribution in [1.29, 1.82) is 0 Å². The minimum atomic E-state index is -0.297. The Bertz CT molecular complexity index is 1190. The highest BCUT2D eigenvalue weighted by molar-refractivity contribution is 8.26. The number of nitrogens with zero attached hydrogens (tertiary/aromatic N) is 1. The Morgan fingerprint density at radius 3 is 2.58 bits per heavy atom. The van der Waals surface area contributed by atoms with Gasteiger partial charge in [0, 0.05) is 5.69 Å². The van der Waals surface area contributed by atoms with Crippen LogP contribution < -0.4 is 10.1 Å². The van der Waals surface area contributed by atoms with Gasteiger partial charge in [0.1, 0.15) is 16.6 Å². The third kappa shape index (κ3) is 4.95. The minimum absolute atomic E-state index is 0.127. The lowest BCUT2D eigenvalue weighted by molar-refractivity contribution is -0.126. The number of anilines is 1. The summed E-state index contributed by atoms with van der Waals surface area (Å²) in [5.74, 6) is 0.212. The number of ether oxygens (including phenoxy) is 1. The Morgan fingerprint density at radius 2 is 1.84 bits per heavy atom. The first-order valence-electron chi connectivity index (χ1n) is 9.80. The molecule has 0 saturated carbocycles. The summed E-state index contributed by atoms with van der Waals surface area (Å²) >= 11 is 6.54. The maximum atomic E-state index is 12.8.